The molecule has 30 heavy (non-hydrogen) atoms. The number of nitrogens with one attached hydrogen (secondary N) is 1. The van der Waals surface area contributed by atoms with Crippen LogP contribution >= 0.6 is 0 Å². The number of anilines is 1. The molecule has 0 spiro atoms. The summed E-state index contributed by atoms with van der Waals surface area (Å²) in [4.78, 5) is 7.26. The standard InChI is InChI=1S/C23H32N6O/c1-4-29-11-5-6-17(14-29)25-23-26-21(12-15(2)24)22(27-28-23)19-10-9-18(30-3)13-20(19)16-7-8-16/h9-10,12-13,16-17H,4-8,11,14,24H2,1-3H3,(H,25,26,28). The molecule has 1 saturated carbocycles. The van der Waals surface area contributed by atoms with Gasteiger partial charge in [-0.05, 0) is 81.5 Å². The van der Waals surface area contributed by atoms with Gasteiger partial charge in [0.2, 0.25) is 5.95 Å². The van der Waals surface area contributed by atoms with Crippen LogP contribution in [0.3, 0.4) is 0 Å². The summed E-state index contributed by atoms with van der Waals surface area (Å²) in [6.07, 6.45) is 6.57. The molecule has 1 aromatic carbocycles. The molecule has 2 heterocycles. The van der Waals surface area contributed by atoms with E-state index in [0.717, 1.165) is 48.8 Å². The Kier molecular flexibility index (Phi) is 6.18. The Hall–Kier alpha value is -2.67. The van der Waals surface area contributed by atoms with Crippen molar-refractivity contribution in [3.05, 3.63) is 35.2 Å². The number of likely N-dealkylation sites (tertiary alicyclic amines) is 1. The molecule has 7 nitrogen and oxygen atoms in total. The molecule has 2 aliphatic rings. The molecule has 3 N–H and O–H groups in total. The van der Waals surface area contributed by atoms with Crippen molar-refractivity contribution in [2.24, 2.45) is 5.73 Å². The minimum Gasteiger partial charge on any atom is -0.497 e. The Morgan fingerprint density at radius 1 is 1.30 bits per heavy atom. The molecule has 2 aromatic rings. The van der Waals surface area contributed by atoms with E-state index in [-0.39, 0.29) is 0 Å². The van der Waals surface area contributed by atoms with Crippen LogP contribution in [0.1, 0.15) is 56.7 Å². The lowest BCUT2D eigenvalue weighted by molar-refractivity contribution is 0.226. The monoisotopic (exact) mass is 408 g/mol. The molecule has 2 fully saturated rings. The normalized spacial score (nSPS) is 20.2. The molecular formula is C23H32N6O. The fraction of sp³-hybridized carbons (Fsp3) is 0.522. The molecule has 7 heteroatoms. The number of hydrogen-bond donors (Lipinski definition) is 2. The summed E-state index contributed by atoms with van der Waals surface area (Å²) in [7, 11) is 1.70. The lowest BCUT2D eigenvalue weighted by atomic mass is 9.98. The highest BCUT2D eigenvalue weighted by Gasteiger charge is 2.28. The van der Waals surface area contributed by atoms with Gasteiger partial charge in [0, 0.05) is 23.8 Å². The molecule has 1 atom stereocenters. The van der Waals surface area contributed by atoms with E-state index in [4.69, 9.17) is 15.5 Å². The van der Waals surface area contributed by atoms with Crippen molar-refractivity contribution in [1.29, 1.82) is 0 Å². The van der Waals surface area contributed by atoms with Crippen molar-refractivity contribution in [3.8, 4) is 17.0 Å². The quantitative estimate of drug-likeness (QED) is 0.723. The first kappa shape index (κ1) is 20.6. The van der Waals surface area contributed by atoms with Crippen LogP contribution in [0.2, 0.25) is 0 Å². The van der Waals surface area contributed by atoms with E-state index < -0.39 is 0 Å². The van der Waals surface area contributed by atoms with E-state index >= 15 is 0 Å². The predicted octanol–water partition coefficient (Wildman–Crippen LogP) is 3.64. The molecular weight excluding hydrogens is 376 g/mol. The van der Waals surface area contributed by atoms with Crippen molar-refractivity contribution in [3.63, 3.8) is 0 Å². The number of hydrogen-bond acceptors (Lipinski definition) is 7. The molecule has 0 bridgehead atoms. The van der Waals surface area contributed by atoms with Gasteiger partial charge in [-0.2, -0.15) is 0 Å². The van der Waals surface area contributed by atoms with Crippen LogP contribution in [0.5, 0.6) is 5.75 Å². The first-order valence-corrected chi connectivity index (χ1v) is 10.9. The van der Waals surface area contributed by atoms with Crippen LogP contribution in [0.15, 0.2) is 23.9 Å². The largest absolute Gasteiger partial charge is 0.497 e. The maximum Gasteiger partial charge on any atom is 0.243 e. The van der Waals surface area contributed by atoms with Gasteiger partial charge in [-0.15, -0.1) is 10.2 Å². The van der Waals surface area contributed by atoms with Crippen LogP contribution in [0, 0.1) is 0 Å². The summed E-state index contributed by atoms with van der Waals surface area (Å²) in [5, 5.41) is 12.5. The number of ether oxygens (including phenoxy) is 1. The number of nitrogens with two attached hydrogens (primary N) is 1. The summed E-state index contributed by atoms with van der Waals surface area (Å²) >= 11 is 0. The fourth-order valence-corrected chi connectivity index (χ4v) is 4.17. The Bertz CT molecular complexity index is 920. The first-order valence-electron chi connectivity index (χ1n) is 10.9. The Morgan fingerprint density at radius 2 is 2.13 bits per heavy atom. The van der Waals surface area contributed by atoms with Gasteiger partial charge in [-0.1, -0.05) is 6.92 Å². The predicted molar refractivity (Wildman–Crippen MR) is 120 cm³/mol. The highest BCUT2D eigenvalue weighted by molar-refractivity contribution is 5.74. The lowest BCUT2D eigenvalue weighted by Gasteiger charge is -2.32. The number of allylic oxidation sites excluding steroid dienone is 1. The maximum absolute atomic E-state index is 6.02. The average Bonchev–Trinajstić information content (AvgIpc) is 3.59. The second kappa shape index (κ2) is 9.00. The minimum atomic E-state index is 0.338. The van der Waals surface area contributed by atoms with Crippen LogP contribution in [-0.4, -0.2) is 52.9 Å². The summed E-state index contributed by atoms with van der Waals surface area (Å²) in [5.41, 5.74) is 10.6. The zero-order valence-electron chi connectivity index (χ0n) is 18.2. The highest BCUT2D eigenvalue weighted by Crippen LogP contribution is 2.45. The van der Waals surface area contributed by atoms with Gasteiger partial charge >= 0.3 is 0 Å². The van der Waals surface area contributed by atoms with Crippen molar-refractivity contribution >= 4 is 12.0 Å². The third-order valence-electron chi connectivity index (χ3n) is 5.90. The van der Waals surface area contributed by atoms with Crippen molar-refractivity contribution < 1.29 is 4.74 Å². The Labute approximate surface area is 178 Å². The van der Waals surface area contributed by atoms with Crippen LogP contribution in [0.25, 0.3) is 17.3 Å². The highest BCUT2D eigenvalue weighted by atomic mass is 16.5. The summed E-state index contributed by atoms with van der Waals surface area (Å²) in [5.74, 6) is 1.98. The number of nitrogens with zero attached hydrogens (tertiary/aromatic N) is 4. The number of rotatable bonds is 7. The van der Waals surface area contributed by atoms with Gasteiger partial charge in [-0.3, -0.25) is 0 Å². The van der Waals surface area contributed by atoms with Gasteiger partial charge in [-0.25, -0.2) is 4.98 Å². The van der Waals surface area contributed by atoms with Gasteiger partial charge in [0.15, 0.2) is 0 Å². The van der Waals surface area contributed by atoms with E-state index in [1.54, 1.807) is 7.11 Å². The number of benzene rings is 1. The average molecular weight is 409 g/mol. The lowest BCUT2D eigenvalue weighted by Crippen LogP contribution is -2.42. The zero-order valence-corrected chi connectivity index (χ0v) is 18.2. The van der Waals surface area contributed by atoms with Gasteiger partial charge < -0.3 is 20.7 Å². The number of piperidine rings is 1. The van der Waals surface area contributed by atoms with Gasteiger partial charge in [0.1, 0.15) is 11.4 Å². The summed E-state index contributed by atoms with van der Waals surface area (Å²) in [6, 6.07) is 6.49. The molecule has 4 rings (SSSR count). The minimum absolute atomic E-state index is 0.338. The molecule has 0 radical (unpaired) electrons. The van der Waals surface area contributed by atoms with Crippen LogP contribution < -0.4 is 15.8 Å². The smallest absolute Gasteiger partial charge is 0.243 e. The van der Waals surface area contributed by atoms with Crippen molar-refractivity contribution in [1.82, 2.24) is 20.1 Å². The summed E-state index contributed by atoms with van der Waals surface area (Å²) in [6.45, 7) is 7.31. The van der Waals surface area contributed by atoms with E-state index in [0.29, 0.717) is 23.6 Å². The van der Waals surface area contributed by atoms with E-state index in [2.05, 4.69) is 39.5 Å². The van der Waals surface area contributed by atoms with Crippen molar-refractivity contribution in [2.75, 3.05) is 32.1 Å². The number of aromatic nitrogens is 3. The zero-order chi connectivity index (χ0) is 21.1. The van der Waals surface area contributed by atoms with E-state index in [1.807, 2.05) is 19.1 Å². The van der Waals surface area contributed by atoms with E-state index in [1.165, 1.54) is 24.8 Å². The number of methoxy groups -OCH3 is 1. The second-order valence-electron chi connectivity index (χ2n) is 8.36. The molecule has 1 aliphatic carbocycles. The molecule has 1 aromatic heterocycles. The fourth-order valence-electron chi connectivity index (χ4n) is 4.17. The van der Waals surface area contributed by atoms with Crippen LogP contribution in [-0.2, 0) is 0 Å². The van der Waals surface area contributed by atoms with E-state index in [9.17, 15) is 0 Å². The van der Waals surface area contributed by atoms with Crippen LogP contribution in [0.4, 0.5) is 5.95 Å². The van der Waals surface area contributed by atoms with Gasteiger partial charge in [0.25, 0.3) is 0 Å². The second-order valence-corrected chi connectivity index (χ2v) is 8.36. The summed E-state index contributed by atoms with van der Waals surface area (Å²) < 4.78 is 5.44. The van der Waals surface area contributed by atoms with Crippen molar-refractivity contribution in [2.45, 2.75) is 51.5 Å². The maximum atomic E-state index is 6.02. The molecule has 1 aliphatic heterocycles. The molecule has 1 saturated heterocycles. The topological polar surface area (TPSA) is 89.2 Å². The van der Waals surface area contributed by atoms with Gasteiger partial charge in [0.05, 0.1) is 12.8 Å². The first-order chi connectivity index (χ1) is 14.6. The number of likely N-dealkylation sites (N-methyl/N-ethyl adjacent to an activating group) is 1. The molecule has 1 unspecified atom stereocenters. The SMILES string of the molecule is CCN1CCCC(Nc2nnc(-c3ccc(OC)cc3C3CC3)c(C=C(C)N)n2)C1. The molecule has 0 amide bonds. The third-order valence-corrected chi connectivity index (χ3v) is 5.90. The Balaban J connectivity index is 1.67. The third kappa shape index (κ3) is 4.73. The Morgan fingerprint density at radius 3 is 2.83 bits per heavy atom. The molecule has 160 valence electrons.